The Balaban J connectivity index is 1.57. The lowest BCUT2D eigenvalue weighted by Gasteiger charge is -2.16. The van der Waals surface area contributed by atoms with Gasteiger partial charge >= 0.3 is 0 Å². The number of rotatable bonds is 3. The van der Waals surface area contributed by atoms with Crippen molar-refractivity contribution in [2.45, 2.75) is 12.3 Å². The minimum Gasteiger partial charge on any atom is -0.339 e. The number of nitrogens with zero attached hydrogens (tertiary/aromatic N) is 4. The van der Waals surface area contributed by atoms with Crippen molar-refractivity contribution in [3.63, 3.8) is 0 Å². The van der Waals surface area contributed by atoms with E-state index in [4.69, 9.17) is 4.52 Å². The van der Waals surface area contributed by atoms with Gasteiger partial charge < -0.3 is 9.42 Å². The SMILES string of the molecule is O=C1CC(c2nc(-c3cccnc3)no2)CN1c1ccc(F)cc1F. The summed E-state index contributed by atoms with van der Waals surface area (Å²) in [6, 6.07) is 6.67. The molecule has 0 aliphatic carbocycles. The third kappa shape index (κ3) is 2.86. The quantitative estimate of drug-likeness (QED) is 0.732. The predicted octanol–water partition coefficient (Wildman–Crippen LogP) is 2.93. The first-order chi connectivity index (χ1) is 12.1. The van der Waals surface area contributed by atoms with E-state index in [0.717, 1.165) is 12.1 Å². The minimum atomic E-state index is -0.782. The monoisotopic (exact) mass is 342 g/mol. The molecule has 1 atom stereocenters. The van der Waals surface area contributed by atoms with E-state index in [1.54, 1.807) is 24.5 Å². The molecule has 3 aromatic rings. The number of pyridine rings is 1. The van der Waals surface area contributed by atoms with Crippen LogP contribution in [0.1, 0.15) is 18.2 Å². The average Bonchev–Trinajstić information content (AvgIpc) is 3.23. The Morgan fingerprint density at radius 3 is 2.88 bits per heavy atom. The van der Waals surface area contributed by atoms with Crippen molar-refractivity contribution in [2.75, 3.05) is 11.4 Å². The molecule has 4 rings (SSSR count). The lowest BCUT2D eigenvalue weighted by Crippen LogP contribution is -2.25. The van der Waals surface area contributed by atoms with Crippen LogP contribution >= 0.6 is 0 Å². The molecule has 1 amide bonds. The topological polar surface area (TPSA) is 72.1 Å². The van der Waals surface area contributed by atoms with E-state index in [-0.39, 0.29) is 30.5 Å². The van der Waals surface area contributed by atoms with E-state index < -0.39 is 11.6 Å². The maximum absolute atomic E-state index is 13.9. The van der Waals surface area contributed by atoms with E-state index >= 15 is 0 Å². The maximum Gasteiger partial charge on any atom is 0.232 e. The van der Waals surface area contributed by atoms with E-state index in [1.165, 1.54) is 11.0 Å². The lowest BCUT2D eigenvalue weighted by atomic mass is 10.1. The lowest BCUT2D eigenvalue weighted by molar-refractivity contribution is -0.117. The molecule has 8 heteroatoms. The van der Waals surface area contributed by atoms with E-state index in [2.05, 4.69) is 15.1 Å². The Hall–Kier alpha value is -3.16. The Kier molecular flexibility index (Phi) is 3.72. The molecule has 1 aromatic carbocycles. The van der Waals surface area contributed by atoms with Crippen molar-refractivity contribution in [3.05, 3.63) is 60.3 Å². The third-order valence-corrected chi connectivity index (χ3v) is 4.04. The van der Waals surface area contributed by atoms with Gasteiger partial charge in [-0.1, -0.05) is 5.16 Å². The molecule has 1 unspecified atom stereocenters. The van der Waals surface area contributed by atoms with E-state index in [9.17, 15) is 13.6 Å². The van der Waals surface area contributed by atoms with Crippen molar-refractivity contribution < 1.29 is 18.1 Å². The first-order valence-corrected chi connectivity index (χ1v) is 7.61. The van der Waals surface area contributed by atoms with Gasteiger partial charge in [0.05, 0.1) is 11.6 Å². The number of aromatic nitrogens is 3. The van der Waals surface area contributed by atoms with Gasteiger partial charge in [-0.25, -0.2) is 8.78 Å². The summed E-state index contributed by atoms with van der Waals surface area (Å²) in [5, 5.41) is 3.90. The van der Waals surface area contributed by atoms with Crippen LogP contribution in [0, 0.1) is 11.6 Å². The van der Waals surface area contributed by atoms with Crippen LogP contribution in [-0.4, -0.2) is 27.6 Å². The van der Waals surface area contributed by atoms with Crippen LogP contribution in [0.25, 0.3) is 11.4 Å². The van der Waals surface area contributed by atoms with E-state index in [0.29, 0.717) is 17.3 Å². The number of hydrogen-bond donors (Lipinski definition) is 0. The molecule has 1 fully saturated rings. The highest BCUT2D eigenvalue weighted by molar-refractivity contribution is 5.96. The smallest absolute Gasteiger partial charge is 0.232 e. The number of benzene rings is 1. The zero-order chi connectivity index (χ0) is 17.4. The zero-order valence-corrected chi connectivity index (χ0v) is 12.9. The van der Waals surface area contributed by atoms with Crippen LogP contribution in [0.5, 0.6) is 0 Å². The summed E-state index contributed by atoms with van der Waals surface area (Å²) < 4.78 is 32.3. The molecule has 25 heavy (non-hydrogen) atoms. The average molecular weight is 342 g/mol. The number of carbonyl (C=O) groups is 1. The first kappa shape index (κ1) is 15.4. The second-order valence-corrected chi connectivity index (χ2v) is 5.70. The van der Waals surface area contributed by atoms with Gasteiger partial charge in [0.15, 0.2) is 0 Å². The van der Waals surface area contributed by atoms with Crippen LogP contribution in [0.15, 0.2) is 47.2 Å². The second kappa shape index (κ2) is 6.04. The molecule has 1 saturated heterocycles. The van der Waals surface area contributed by atoms with Gasteiger partial charge in [0.25, 0.3) is 0 Å². The highest BCUT2D eigenvalue weighted by Gasteiger charge is 2.36. The van der Waals surface area contributed by atoms with Crippen LogP contribution in [0.4, 0.5) is 14.5 Å². The van der Waals surface area contributed by atoms with Gasteiger partial charge in [0.2, 0.25) is 17.6 Å². The number of amides is 1. The molecule has 0 saturated carbocycles. The van der Waals surface area contributed by atoms with Gasteiger partial charge in [-0.2, -0.15) is 4.98 Å². The zero-order valence-electron chi connectivity index (χ0n) is 12.9. The third-order valence-electron chi connectivity index (χ3n) is 4.04. The van der Waals surface area contributed by atoms with Crippen molar-refractivity contribution >= 4 is 11.6 Å². The van der Waals surface area contributed by atoms with Crippen LogP contribution < -0.4 is 4.90 Å². The fraction of sp³-hybridized carbons (Fsp3) is 0.176. The summed E-state index contributed by atoms with van der Waals surface area (Å²) in [7, 11) is 0. The highest BCUT2D eigenvalue weighted by Crippen LogP contribution is 2.33. The predicted molar refractivity (Wildman–Crippen MR) is 83.6 cm³/mol. The minimum absolute atomic E-state index is 0.0425. The first-order valence-electron chi connectivity index (χ1n) is 7.61. The Labute approximate surface area is 141 Å². The maximum atomic E-state index is 13.9. The van der Waals surface area contributed by atoms with Gasteiger partial charge in [-0.05, 0) is 24.3 Å². The molecule has 126 valence electrons. The number of carbonyl (C=O) groups excluding carboxylic acids is 1. The molecule has 0 spiro atoms. The summed E-state index contributed by atoms with van der Waals surface area (Å²) in [5.41, 5.74) is 0.740. The number of halogens is 2. The Morgan fingerprint density at radius 1 is 1.24 bits per heavy atom. The van der Waals surface area contributed by atoms with Gasteiger partial charge in [-0.3, -0.25) is 9.78 Å². The molecule has 1 aliphatic rings. The molecule has 0 N–H and O–H groups in total. The molecule has 0 radical (unpaired) electrons. The largest absolute Gasteiger partial charge is 0.339 e. The second-order valence-electron chi connectivity index (χ2n) is 5.70. The van der Waals surface area contributed by atoms with Gasteiger partial charge in [-0.15, -0.1) is 0 Å². The van der Waals surface area contributed by atoms with Crippen molar-refractivity contribution in [1.82, 2.24) is 15.1 Å². The molecular formula is C17H12F2N4O2. The molecule has 3 heterocycles. The summed E-state index contributed by atoms with van der Waals surface area (Å²) in [6.45, 7) is 0.191. The fourth-order valence-electron chi connectivity index (χ4n) is 2.82. The van der Waals surface area contributed by atoms with E-state index in [1.807, 2.05) is 0 Å². The summed E-state index contributed by atoms with van der Waals surface area (Å²) in [4.78, 5) is 21.8. The molecular weight excluding hydrogens is 330 g/mol. The van der Waals surface area contributed by atoms with Crippen molar-refractivity contribution in [3.8, 4) is 11.4 Å². The Morgan fingerprint density at radius 2 is 2.12 bits per heavy atom. The number of anilines is 1. The molecule has 1 aliphatic heterocycles. The molecule has 6 nitrogen and oxygen atoms in total. The highest BCUT2D eigenvalue weighted by atomic mass is 19.1. The van der Waals surface area contributed by atoms with Gasteiger partial charge in [0.1, 0.15) is 11.6 Å². The van der Waals surface area contributed by atoms with Crippen LogP contribution in [-0.2, 0) is 4.79 Å². The van der Waals surface area contributed by atoms with Gasteiger partial charge in [0, 0.05) is 37.0 Å². The summed E-state index contributed by atoms with van der Waals surface area (Å²) in [6.07, 6.45) is 3.36. The van der Waals surface area contributed by atoms with Crippen LogP contribution in [0.3, 0.4) is 0 Å². The normalized spacial score (nSPS) is 17.3. The summed E-state index contributed by atoms with van der Waals surface area (Å²) in [5.74, 6) is -1.43. The molecule has 2 aromatic heterocycles. The summed E-state index contributed by atoms with van der Waals surface area (Å²) >= 11 is 0. The van der Waals surface area contributed by atoms with Crippen LogP contribution in [0.2, 0.25) is 0 Å². The fourth-order valence-corrected chi connectivity index (χ4v) is 2.82. The van der Waals surface area contributed by atoms with Crippen molar-refractivity contribution in [1.29, 1.82) is 0 Å². The Bertz CT molecular complexity index is 929. The molecule has 0 bridgehead atoms. The number of hydrogen-bond acceptors (Lipinski definition) is 5. The van der Waals surface area contributed by atoms with Crippen molar-refractivity contribution in [2.24, 2.45) is 0 Å². The standard InChI is InChI=1S/C17H12F2N4O2/c18-12-3-4-14(13(19)7-12)23-9-11(6-15(23)24)17-21-16(22-25-17)10-2-1-5-20-8-10/h1-5,7-8,11H,6,9H2.